The van der Waals surface area contributed by atoms with Crippen LogP contribution in [0.15, 0.2) is 78.9 Å². The molecule has 0 radical (unpaired) electrons. The maximum absolute atomic E-state index is 2.60. The van der Waals surface area contributed by atoms with E-state index in [9.17, 15) is 0 Å². The molecule has 0 amide bonds. The molecule has 1 fully saturated rings. The van der Waals surface area contributed by atoms with Gasteiger partial charge in [0.25, 0.3) is 0 Å². The van der Waals surface area contributed by atoms with Gasteiger partial charge < -0.3 is 0 Å². The van der Waals surface area contributed by atoms with Crippen LogP contribution < -0.4 is 0 Å². The summed E-state index contributed by atoms with van der Waals surface area (Å²) < 4.78 is 0. The monoisotopic (exact) mass is 598 g/mol. The second kappa shape index (κ2) is 12.9. The van der Waals surface area contributed by atoms with Gasteiger partial charge in [0, 0.05) is 0 Å². The highest BCUT2D eigenvalue weighted by atomic mass is 14.4. The molecule has 1 saturated carbocycles. The summed E-state index contributed by atoms with van der Waals surface area (Å²) in [6.07, 6.45) is 8.80. The van der Waals surface area contributed by atoms with Gasteiger partial charge in [-0.3, -0.25) is 0 Å². The average Bonchev–Trinajstić information content (AvgIpc) is 3.04. The maximum atomic E-state index is 2.60. The smallest absolute Gasteiger partial charge is 0.00936 e. The van der Waals surface area contributed by atoms with Crippen molar-refractivity contribution in [3.8, 4) is 33.4 Å². The molecule has 5 rings (SSSR count). The SMILES string of the molecule is CCC(C)(C)c1c(-c2ccccc2)cc(-c2ccc(C)cc2C(C)(C)C)c(C(C)(C)CC)c1-c1ccccc1C1CCCCC1. The van der Waals surface area contributed by atoms with Crippen LogP contribution in [0.4, 0.5) is 0 Å². The van der Waals surface area contributed by atoms with E-state index in [0.717, 1.165) is 12.8 Å². The van der Waals surface area contributed by atoms with Crippen LogP contribution in [0.1, 0.15) is 141 Å². The molecule has 0 bridgehead atoms. The van der Waals surface area contributed by atoms with Crippen molar-refractivity contribution in [1.29, 1.82) is 0 Å². The van der Waals surface area contributed by atoms with Crippen LogP contribution in [0.3, 0.4) is 0 Å². The highest BCUT2D eigenvalue weighted by Gasteiger charge is 2.37. The molecule has 0 heteroatoms. The first-order chi connectivity index (χ1) is 21.3. The molecule has 4 aromatic rings. The lowest BCUT2D eigenvalue weighted by molar-refractivity contribution is 0.444. The second-order valence-corrected chi connectivity index (χ2v) is 16.2. The van der Waals surface area contributed by atoms with Crippen molar-refractivity contribution in [2.75, 3.05) is 0 Å². The lowest BCUT2D eigenvalue weighted by Gasteiger charge is -2.39. The third-order valence-corrected chi connectivity index (χ3v) is 11.1. The summed E-state index contributed by atoms with van der Waals surface area (Å²) in [6.45, 7) is 24.1. The minimum atomic E-state index is -0.0296. The van der Waals surface area contributed by atoms with Gasteiger partial charge in [-0.25, -0.2) is 0 Å². The average molecular weight is 599 g/mol. The Kier molecular flexibility index (Phi) is 9.56. The summed E-state index contributed by atoms with van der Waals surface area (Å²) in [7, 11) is 0. The number of benzene rings is 4. The van der Waals surface area contributed by atoms with Gasteiger partial charge in [0.2, 0.25) is 0 Å². The predicted molar refractivity (Wildman–Crippen MR) is 199 cm³/mol. The van der Waals surface area contributed by atoms with E-state index in [-0.39, 0.29) is 16.2 Å². The van der Waals surface area contributed by atoms with Crippen molar-refractivity contribution in [3.63, 3.8) is 0 Å². The molecule has 238 valence electrons. The van der Waals surface area contributed by atoms with Gasteiger partial charge in [-0.2, -0.15) is 0 Å². The first kappa shape index (κ1) is 33.2. The van der Waals surface area contributed by atoms with Crippen LogP contribution in [0.25, 0.3) is 33.4 Å². The van der Waals surface area contributed by atoms with Gasteiger partial charge >= 0.3 is 0 Å². The van der Waals surface area contributed by atoms with Crippen molar-refractivity contribution >= 4 is 0 Å². The van der Waals surface area contributed by atoms with E-state index in [1.54, 1.807) is 5.56 Å². The predicted octanol–water partition coefficient (Wildman–Crippen LogP) is 13.7. The Balaban J connectivity index is 2.06. The van der Waals surface area contributed by atoms with Crippen molar-refractivity contribution in [2.45, 2.75) is 136 Å². The highest BCUT2D eigenvalue weighted by Crippen LogP contribution is 2.54. The minimum absolute atomic E-state index is 0.0164. The fourth-order valence-corrected chi connectivity index (χ4v) is 7.78. The Bertz CT molecular complexity index is 1620. The molecule has 1 aliphatic rings. The van der Waals surface area contributed by atoms with Crippen molar-refractivity contribution in [2.24, 2.45) is 0 Å². The summed E-state index contributed by atoms with van der Waals surface area (Å²) in [6, 6.07) is 30.6. The van der Waals surface area contributed by atoms with Gasteiger partial charge in [0.1, 0.15) is 0 Å². The normalized spacial score (nSPS) is 15.0. The Hall–Kier alpha value is -3.12. The van der Waals surface area contributed by atoms with Crippen LogP contribution in [-0.4, -0.2) is 0 Å². The Morgan fingerprint density at radius 2 is 1.16 bits per heavy atom. The molecule has 0 nitrogen and oxygen atoms in total. The first-order valence-corrected chi connectivity index (χ1v) is 17.8. The highest BCUT2D eigenvalue weighted by molar-refractivity contribution is 5.92. The van der Waals surface area contributed by atoms with E-state index in [4.69, 9.17) is 0 Å². The lowest BCUT2D eigenvalue weighted by Crippen LogP contribution is -2.26. The summed E-state index contributed by atoms with van der Waals surface area (Å²) in [4.78, 5) is 0. The molecule has 0 heterocycles. The zero-order valence-corrected chi connectivity index (χ0v) is 30.0. The quantitative estimate of drug-likeness (QED) is 0.189. The lowest BCUT2D eigenvalue weighted by atomic mass is 9.65. The molecule has 0 aromatic heterocycles. The first-order valence-electron chi connectivity index (χ1n) is 17.8. The molecule has 0 aliphatic heterocycles. The fraction of sp³-hybridized carbons (Fsp3) is 0.467. The molecular weight excluding hydrogens is 540 g/mol. The number of aryl methyl sites for hydroxylation is 1. The molecule has 4 aromatic carbocycles. The van der Waals surface area contributed by atoms with Crippen LogP contribution in [-0.2, 0) is 16.2 Å². The van der Waals surface area contributed by atoms with Gasteiger partial charge in [-0.05, 0) is 116 Å². The van der Waals surface area contributed by atoms with Gasteiger partial charge in [0.05, 0.1) is 0 Å². The molecule has 0 spiro atoms. The Labute approximate surface area is 275 Å². The molecule has 0 unspecified atom stereocenters. The third kappa shape index (κ3) is 6.58. The van der Waals surface area contributed by atoms with E-state index in [2.05, 4.69) is 148 Å². The molecule has 45 heavy (non-hydrogen) atoms. The van der Waals surface area contributed by atoms with Crippen LogP contribution in [0.5, 0.6) is 0 Å². The van der Waals surface area contributed by atoms with E-state index in [1.807, 2.05) is 0 Å². The molecule has 0 N–H and O–H groups in total. The summed E-state index contributed by atoms with van der Waals surface area (Å²) in [5.41, 5.74) is 15.8. The Morgan fingerprint density at radius 3 is 1.76 bits per heavy atom. The second-order valence-electron chi connectivity index (χ2n) is 16.2. The van der Waals surface area contributed by atoms with Crippen LogP contribution in [0, 0.1) is 6.92 Å². The number of hydrogen-bond acceptors (Lipinski definition) is 0. The van der Waals surface area contributed by atoms with Crippen LogP contribution >= 0.6 is 0 Å². The topological polar surface area (TPSA) is 0 Å². The van der Waals surface area contributed by atoms with Gasteiger partial charge in [0.15, 0.2) is 0 Å². The molecule has 1 aliphatic carbocycles. The molecule has 0 saturated heterocycles. The minimum Gasteiger partial charge on any atom is -0.0646 e. The largest absolute Gasteiger partial charge is 0.0646 e. The van der Waals surface area contributed by atoms with Crippen molar-refractivity contribution in [1.82, 2.24) is 0 Å². The number of rotatable bonds is 8. The summed E-state index contributed by atoms with van der Waals surface area (Å²) >= 11 is 0. The molecular formula is C45H58. The summed E-state index contributed by atoms with van der Waals surface area (Å²) in [5, 5.41) is 0. The van der Waals surface area contributed by atoms with Gasteiger partial charge in [-0.1, -0.05) is 160 Å². The zero-order chi connectivity index (χ0) is 32.6. The van der Waals surface area contributed by atoms with Crippen molar-refractivity contribution < 1.29 is 0 Å². The third-order valence-electron chi connectivity index (χ3n) is 11.1. The standard InChI is InChI=1S/C45H58/c1-11-44(7,8)41-37(33-23-17-14-18-24-33)30-38(35-28-27-31(3)29-39(35)43(4,5)6)42(45(9,10)12-2)40(41)36-26-20-19-25-34(36)32-21-15-13-16-22-32/h14,17-20,23-30,32H,11-13,15-16,21-22H2,1-10H3. The van der Waals surface area contributed by atoms with E-state index in [0.29, 0.717) is 5.92 Å². The summed E-state index contributed by atoms with van der Waals surface area (Å²) in [5.74, 6) is 0.624. The Morgan fingerprint density at radius 1 is 0.578 bits per heavy atom. The fourth-order valence-electron chi connectivity index (χ4n) is 7.78. The molecule has 0 atom stereocenters. The number of hydrogen-bond donors (Lipinski definition) is 0. The van der Waals surface area contributed by atoms with E-state index >= 15 is 0 Å². The van der Waals surface area contributed by atoms with E-state index < -0.39 is 0 Å². The van der Waals surface area contributed by atoms with E-state index in [1.165, 1.54) is 87.7 Å². The van der Waals surface area contributed by atoms with Crippen LogP contribution in [0.2, 0.25) is 0 Å². The van der Waals surface area contributed by atoms with Gasteiger partial charge in [-0.15, -0.1) is 0 Å². The van der Waals surface area contributed by atoms with Crippen molar-refractivity contribution in [3.05, 3.63) is 107 Å². The maximum Gasteiger partial charge on any atom is -0.00936 e. The zero-order valence-electron chi connectivity index (χ0n) is 30.0.